The van der Waals surface area contributed by atoms with Gasteiger partial charge in [-0.15, -0.1) is 5.10 Å². The number of carbonyl (C=O) groups is 1. The molecule has 0 saturated carbocycles. The van der Waals surface area contributed by atoms with E-state index in [-0.39, 0.29) is 11.7 Å². The molecule has 0 aliphatic carbocycles. The van der Waals surface area contributed by atoms with E-state index in [0.29, 0.717) is 16.5 Å². The molecule has 2 rings (SSSR count). The lowest BCUT2D eigenvalue weighted by molar-refractivity contribution is -0.116. The summed E-state index contributed by atoms with van der Waals surface area (Å²) in [5, 5.41) is 20.7. The molecule has 1 amide bonds. The maximum Gasteiger partial charge on any atom is 0.236 e. The zero-order valence-corrected chi connectivity index (χ0v) is 10.9. The molecule has 0 unspecified atom stereocenters. The predicted molar refractivity (Wildman–Crippen MR) is 73.2 cm³/mol. The number of thioether (sulfide) groups is 1. The van der Waals surface area contributed by atoms with Gasteiger partial charge in [0.25, 0.3) is 0 Å². The number of nitrogens with zero attached hydrogens (tertiary/aromatic N) is 2. The van der Waals surface area contributed by atoms with Crippen molar-refractivity contribution in [1.29, 1.82) is 0 Å². The van der Waals surface area contributed by atoms with Crippen LogP contribution in [0.5, 0.6) is 5.75 Å². The van der Waals surface area contributed by atoms with Gasteiger partial charge in [0.1, 0.15) is 5.75 Å². The van der Waals surface area contributed by atoms with E-state index in [9.17, 15) is 9.90 Å². The molecule has 0 aromatic heterocycles. The third-order valence-electron chi connectivity index (χ3n) is 2.66. The molecule has 1 aromatic rings. The Morgan fingerprint density at radius 3 is 2.89 bits per heavy atom. The zero-order valence-electron chi connectivity index (χ0n) is 10.1. The monoisotopic (exact) mass is 263 g/mol. The summed E-state index contributed by atoms with van der Waals surface area (Å²) in [6.07, 6.45) is 1.47. The third-order valence-corrected chi connectivity index (χ3v) is 3.53. The number of benzene rings is 1. The Morgan fingerprint density at radius 2 is 2.22 bits per heavy atom. The number of aryl methyl sites for hydroxylation is 1. The van der Waals surface area contributed by atoms with Crippen molar-refractivity contribution in [3.05, 3.63) is 28.8 Å². The number of phenolic OH excluding ortho intramolecular Hbond substituents is 1. The maximum atomic E-state index is 10.9. The number of amidine groups is 1. The van der Waals surface area contributed by atoms with Crippen LogP contribution in [0.4, 0.5) is 0 Å². The molecule has 0 atom stereocenters. The van der Waals surface area contributed by atoms with Gasteiger partial charge in [0.15, 0.2) is 5.17 Å². The normalized spacial score (nSPS) is 17.7. The van der Waals surface area contributed by atoms with Crippen LogP contribution in [-0.4, -0.2) is 28.1 Å². The van der Waals surface area contributed by atoms with Crippen LogP contribution >= 0.6 is 11.8 Å². The molecule has 0 radical (unpaired) electrons. The summed E-state index contributed by atoms with van der Waals surface area (Å²) in [4.78, 5) is 10.9. The highest BCUT2D eigenvalue weighted by Gasteiger charge is 2.15. The van der Waals surface area contributed by atoms with Crippen LogP contribution in [0, 0.1) is 13.8 Å². The number of hydrogen-bond acceptors (Lipinski definition) is 5. The van der Waals surface area contributed by atoms with Crippen LogP contribution in [-0.2, 0) is 4.79 Å². The quantitative estimate of drug-likeness (QED) is 0.628. The van der Waals surface area contributed by atoms with Crippen molar-refractivity contribution in [3.63, 3.8) is 0 Å². The first-order chi connectivity index (χ1) is 8.58. The third kappa shape index (κ3) is 2.70. The second-order valence-electron chi connectivity index (χ2n) is 3.93. The topological polar surface area (TPSA) is 74.0 Å². The Bertz CT molecular complexity index is 552. The van der Waals surface area contributed by atoms with Crippen LogP contribution < -0.4 is 5.32 Å². The van der Waals surface area contributed by atoms with E-state index in [0.717, 1.165) is 11.1 Å². The lowest BCUT2D eigenvalue weighted by atomic mass is 10.1. The summed E-state index contributed by atoms with van der Waals surface area (Å²) in [7, 11) is 0. The first-order valence-electron chi connectivity index (χ1n) is 5.41. The van der Waals surface area contributed by atoms with Gasteiger partial charge in [0.05, 0.1) is 12.0 Å². The van der Waals surface area contributed by atoms with E-state index >= 15 is 0 Å². The smallest absolute Gasteiger partial charge is 0.236 e. The average molecular weight is 263 g/mol. The fraction of sp³-hybridized carbons (Fsp3) is 0.250. The minimum Gasteiger partial charge on any atom is -0.507 e. The van der Waals surface area contributed by atoms with Gasteiger partial charge < -0.3 is 10.4 Å². The van der Waals surface area contributed by atoms with Crippen molar-refractivity contribution in [1.82, 2.24) is 5.32 Å². The second kappa shape index (κ2) is 5.22. The standard InChI is InChI=1S/C12H13N3O2S/c1-7-3-4-9(11(17)8(7)2)5-13-15-12-14-10(16)6-18-12/h3-5,17H,6H2,1-2H3,(H,14,15,16). The molecule has 6 heteroatoms. The van der Waals surface area contributed by atoms with Crippen LogP contribution in [0.25, 0.3) is 0 Å². The summed E-state index contributed by atoms with van der Waals surface area (Å²) in [6.45, 7) is 3.78. The maximum absolute atomic E-state index is 10.9. The molecule has 94 valence electrons. The molecule has 2 N–H and O–H groups in total. The lowest BCUT2D eigenvalue weighted by Gasteiger charge is -2.05. The molecule has 1 saturated heterocycles. The number of nitrogens with one attached hydrogen (secondary N) is 1. The minimum absolute atomic E-state index is 0.0667. The molecule has 0 spiro atoms. The summed E-state index contributed by atoms with van der Waals surface area (Å²) in [5.41, 5.74) is 2.46. The van der Waals surface area contributed by atoms with Crippen molar-refractivity contribution in [2.24, 2.45) is 10.2 Å². The molecule has 1 fully saturated rings. The lowest BCUT2D eigenvalue weighted by Crippen LogP contribution is -2.19. The van der Waals surface area contributed by atoms with Crippen LogP contribution in [0.1, 0.15) is 16.7 Å². The first-order valence-corrected chi connectivity index (χ1v) is 6.39. The Morgan fingerprint density at radius 1 is 1.44 bits per heavy atom. The largest absolute Gasteiger partial charge is 0.507 e. The molecule has 18 heavy (non-hydrogen) atoms. The molecular weight excluding hydrogens is 250 g/mol. The van der Waals surface area contributed by atoms with Gasteiger partial charge in [-0.05, 0) is 31.0 Å². The molecule has 0 bridgehead atoms. The minimum atomic E-state index is -0.0667. The van der Waals surface area contributed by atoms with Gasteiger partial charge >= 0.3 is 0 Å². The summed E-state index contributed by atoms with van der Waals surface area (Å²) < 4.78 is 0. The number of rotatable bonds is 2. The summed E-state index contributed by atoms with van der Waals surface area (Å²) in [5.74, 6) is 0.522. The van der Waals surface area contributed by atoms with Crippen LogP contribution in [0.15, 0.2) is 22.3 Å². The molecular formula is C12H13N3O2S. The average Bonchev–Trinajstić information content (AvgIpc) is 2.75. The molecule has 1 aromatic carbocycles. The van der Waals surface area contributed by atoms with E-state index < -0.39 is 0 Å². The van der Waals surface area contributed by atoms with Gasteiger partial charge in [0, 0.05) is 5.56 Å². The number of amides is 1. The Labute approximate surface area is 109 Å². The van der Waals surface area contributed by atoms with Crippen molar-refractivity contribution < 1.29 is 9.90 Å². The van der Waals surface area contributed by atoms with Crippen molar-refractivity contribution >= 4 is 29.1 Å². The Kier molecular flexibility index (Phi) is 3.66. The van der Waals surface area contributed by atoms with E-state index in [1.54, 1.807) is 6.07 Å². The highest BCUT2D eigenvalue weighted by atomic mass is 32.2. The highest BCUT2D eigenvalue weighted by Crippen LogP contribution is 2.23. The second-order valence-corrected chi connectivity index (χ2v) is 4.90. The number of phenols is 1. The van der Waals surface area contributed by atoms with E-state index in [4.69, 9.17) is 0 Å². The first kappa shape index (κ1) is 12.6. The van der Waals surface area contributed by atoms with Gasteiger partial charge in [-0.1, -0.05) is 17.8 Å². The summed E-state index contributed by atoms with van der Waals surface area (Å²) in [6, 6.07) is 3.69. The zero-order chi connectivity index (χ0) is 13.1. The van der Waals surface area contributed by atoms with Crippen molar-refractivity contribution in [2.45, 2.75) is 13.8 Å². The Hall–Kier alpha value is -1.82. The van der Waals surface area contributed by atoms with Crippen molar-refractivity contribution in [3.8, 4) is 5.75 Å². The van der Waals surface area contributed by atoms with Gasteiger partial charge in [-0.25, -0.2) is 0 Å². The number of carbonyl (C=O) groups excluding carboxylic acids is 1. The van der Waals surface area contributed by atoms with E-state index in [1.165, 1.54) is 18.0 Å². The molecule has 1 aliphatic rings. The molecule has 1 heterocycles. The fourth-order valence-corrected chi connectivity index (χ4v) is 2.08. The Balaban J connectivity index is 2.15. The van der Waals surface area contributed by atoms with Gasteiger partial charge in [-0.3, -0.25) is 4.79 Å². The van der Waals surface area contributed by atoms with E-state index in [1.807, 2.05) is 19.9 Å². The summed E-state index contributed by atoms with van der Waals surface area (Å²) >= 11 is 1.31. The SMILES string of the molecule is Cc1ccc(C=NN=C2NC(=O)CS2)c(O)c1C. The van der Waals surface area contributed by atoms with Gasteiger partial charge in [-0.2, -0.15) is 5.10 Å². The van der Waals surface area contributed by atoms with Crippen LogP contribution in [0.2, 0.25) is 0 Å². The molecule has 1 aliphatic heterocycles. The van der Waals surface area contributed by atoms with Crippen LogP contribution in [0.3, 0.4) is 0 Å². The highest BCUT2D eigenvalue weighted by molar-refractivity contribution is 8.15. The molecule has 5 nitrogen and oxygen atoms in total. The van der Waals surface area contributed by atoms with Gasteiger partial charge in [0.2, 0.25) is 5.91 Å². The van der Waals surface area contributed by atoms with Crippen molar-refractivity contribution in [2.75, 3.05) is 5.75 Å². The predicted octanol–water partition coefficient (Wildman–Crippen LogP) is 1.56. The number of aromatic hydroxyl groups is 1. The fourth-order valence-electron chi connectivity index (χ4n) is 1.45. The number of hydrogen-bond donors (Lipinski definition) is 2. The van der Waals surface area contributed by atoms with E-state index in [2.05, 4.69) is 15.5 Å².